The molecule has 142 valence electrons. The molecule has 0 unspecified atom stereocenters. The van der Waals surface area contributed by atoms with E-state index >= 15 is 0 Å². The van der Waals surface area contributed by atoms with Crippen LogP contribution in [0.15, 0.2) is 42.5 Å². The van der Waals surface area contributed by atoms with Crippen molar-refractivity contribution in [1.29, 1.82) is 0 Å². The zero-order chi connectivity index (χ0) is 20.2. The summed E-state index contributed by atoms with van der Waals surface area (Å²) in [5.74, 6) is -0.812. The maximum atomic E-state index is 12.8. The molecular weight excluding hydrogens is 418 g/mol. The van der Waals surface area contributed by atoms with Gasteiger partial charge in [-0.05, 0) is 48.9 Å². The molecule has 0 saturated carbocycles. The second-order valence-corrected chi connectivity index (χ2v) is 6.61. The molecule has 29 heavy (non-hydrogen) atoms. The zero-order valence-electron chi connectivity index (χ0n) is 15.2. The number of nitrogens with zero attached hydrogens (tertiary/aromatic N) is 1. The Bertz CT molecular complexity index is 1150. The fraction of sp³-hybridized carbons (Fsp3) is 0.100. The number of carbonyl (C=O) groups excluding carboxylic acids is 1. The van der Waals surface area contributed by atoms with E-state index in [9.17, 15) is 23.1 Å². The van der Waals surface area contributed by atoms with E-state index in [4.69, 9.17) is 16.3 Å². The van der Waals surface area contributed by atoms with E-state index in [1.165, 1.54) is 37.3 Å². The van der Waals surface area contributed by atoms with E-state index in [0.717, 1.165) is 12.1 Å². The average molecular weight is 428 g/mol. The molecule has 0 bridgehead atoms. The molecule has 0 amide bonds. The minimum absolute atomic E-state index is 0. The predicted octanol–water partition coefficient (Wildman–Crippen LogP) is 2.14. The first kappa shape index (κ1) is 21.6. The molecule has 1 aromatic heterocycles. The van der Waals surface area contributed by atoms with Gasteiger partial charge in [0.2, 0.25) is 5.78 Å². The predicted molar refractivity (Wildman–Crippen MR) is 93.8 cm³/mol. The number of hydrogen-bond donors (Lipinski definition) is 0. The SMILES string of the molecule is Cc1nc2c(c([O-])c1Cl)-c1ccc(Oc3cccc(C(F)(F)F)c3)cc1C2=O.[Na+]. The van der Waals surface area contributed by atoms with E-state index in [-0.39, 0.29) is 68.6 Å². The fourth-order valence-electron chi connectivity index (χ4n) is 3.06. The van der Waals surface area contributed by atoms with Crippen molar-refractivity contribution in [2.45, 2.75) is 13.1 Å². The standard InChI is InChI=1S/C20H11ClF3NO3.Na/c1-9-16(21)19(27)15-13-6-5-12(8-14(13)18(26)17(15)25-9)28-11-4-2-3-10(7-11)20(22,23)24;/h2-8H,1H3,(H,25,27);/q;+1/p-1. The molecule has 0 spiro atoms. The summed E-state index contributed by atoms with van der Waals surface area (Å²) < 4.78 is 44.0. The molecule has 0 radical (unpaired) electrons. The van der Waals surface area contributed by atoms with Gasteiger partial charge < -0.3 is 9.84 Å². The molecule has 1 aliphatic rings. The number of aromatic nitrogens is 1. The largest absolute Gasteiger partial charge is 1.00 e. The summed E-state index contributed by atoms with van der Waals surface area (Å²) in [7, 11) is 0. The van der Waals surface area contributed by atoms with Gasteiger partial charge in [0.1, 0.15) is 17.2 Å². The second-order valence-electron chi connectivity index (χ2n) is 6.23. The molecule has 3 aromatic rings. The third-order valence-corrected chi connectivity index (χ3v) is 4.82. The van der Waals surface area contributed by atoms with E-state index < -0.39 is 23.3 Å². The van der Waals surface area contributed by atoms with Crippen LogP contribution < -0.4 is 39.4 Å². The minimum Gasteiger partial charge on any atom is -0.871 e. The average Bonchev–Trinajstić information content (AvgIpc) is 2.91. The van der Waals surface area contributed by atoms with Crippen LogP contribution in [-0.2, 0) is 6.18 Å². The maximum absolute atomic E-state index is 12.8. The zero-order valence-corrected chi connectivity index (χ0v) is 18.0. The van der Waals surface area contributed by atoms with Crippen molar-refractivity contribution < 1.29 is 57.4 Å². The smallest absolute Gasteiger partial charge is 0.871 e. The number of pyridine rings is 1. The maximum Gasteiger partial charge on any atom is 1.00 e. The topological polar surface area (TPSA) is 62.3 Å². The number of carbonyl (C=O) groups is 1. The molecule has 0 atom stereocenters. The van der Waals surface area contributed by atoms with Crippen molar-refractivity contribution in [3.63, 3.8) is 0 Å². The molecule has 0 aliphatic heterocycles. The minimum atomic E-state index is -4.50. The van der Waals surface area contributed by atoms with E-state index in [2.05, 4.69) is 4.98 Å². The van der Waals surface area contributed by atoms with Gasteiger partial charge in [-0.25, -0.2) is 4.98 Å². The van der Waals surface area contributed by atoms with Gasteiger partial charge in [-0.3, -0.25) is 4.79 Å². The van der Waals surface area contributed by atoms with Gasteiger partial charge >= 0.3 is 35.7 Å². The van der Waals surface area contributed by atoms with Gasteiger partial charge in [-0.2, -0.15) is 13.2 Å². The van der Waals surface area contributed by atoms with Crippen molar-refractivity contribution in [3.05, 3.63) is 70.0 Å². The van der Waals surface area contributed by atoms with E-state index in [0.29, 0.717) is 5.56 Å². The first-order chi connectivity index (χ1) is 13.2. The number of benzene rings is 2. The Kier molecular flexibility index (Phi) is 5.71. The molecule has 2 aromatic carbocycles. The third-order valence-electron chi connectivity index (χ3n) is 4.38. The number of ether oxygens (including phenoxy) is 1. The van der Waals surface area contributed by atoms with Crippen LogP contribution in [0.2, 0.25) is 5.02 Å². The molecule has 4 rings (SSSR count). The van der Waals surface area contributed by atoms with Crippen LogP contribution >= 0.6 is 11.6 Å². The molecule has 9 heteroatoms. The molecule has 1 aliphatic carbocycles. The van der Waals surface area contributed by atoms with Crippen LogP contribution in [0.4, 0.5) is 13.2 Å². The van der Waals surface area contributed by atoms with Crippen LogP contribution in [0.1, 0.15) is 27.3 Å². The second kappa shape index (κ2) is 7.65. The summed E-state index contributed by atoms with van der Waals surface area (Å²) in [4.78, 5) is 16.8. The third kappa shape index (κ3) is 3.75. The molecule has 1 heterocycles. The van der Waals surface area contributed by atoms with Crippen LogP contribution in [0, 0.1) is 6.92 Å². The summed E-state index contributed by atoms with van der Waals surface area (Å²) in [5.41, 5.74) is 0.104. The molecule has 0 fully saturated rings. The summed E-state index contributed by atoms with van der Waals surface area (Å²) in [5, 5.41) is 12.4. The Morgan fingerprint density at radius 2 is 1.76 bits per heavy atom. The number of halogens is 4. The van der Waals surface area contributed by atoms with Gasteiger partial charge in [-0.1, -0.05) is 23.4 Å². The quantitative estimate of drug-likeness (QED) is 0.460. The summed E-state index contributed by atoms with van der Waals surface area (Å²) in [6, 6.07) is 8.74. The van der Waals surface area contributed by atoms with Crippen molar-refractivity contribution in [3.8, 4) is 28.4 Å². The summed E-state index contributed by atoms with van der Waals surface area (Å²) >= 11 is 5.96. The van der Waals surface area contributed by atoms with Gasteiger partial charge in [-0.15, -0.1) is 0 Å². The number of ketones is 1. The number of rotatable bonds is 2. The van der Waals surface area contributed by atoms with Crippen LogP contribution in [0.25, 0.3) is 11.1 Å². The number of aryl methyl sites for hydroxylation is 1. The monoisotopic (exact) mass is 427 g/mol. The Morgan fingerprint density at radius 1 is 1.07 bits per heavy atom. The van der Waals surface area contributed by atoms with Gasteiger partial charge in [0, 0.05) is 11.1 Å². The molecule has 0 saturated heterocycles. The van der Waals surface area contributed by atoms with Crippen molar-refractivity contribution in [2.24, 2.45) is 0 Å². The molecule has 4 nitrogen and oxygen atoms in total. The normalized spacial score (nSPS) is 12.2. The van der Waals surface area contributed by atoms with Crippen LogP contribution in [0.5, 0.6) is 17.2 Å². The number of fused-ring (bicyclic) bond motifs is 3. The van der Waals surface area contributed by atoms with Crippen molar-refractivity contribution in [1.82, 2.24) is 4.98 Å². The number of alkyl halides is 3. The van der Waals surface area contributed by atoms with Gasteiger partial charge in [0.05, 0.1) is 16.3 Å². The molecular formula is C20H10ClF3NNaO3. The Balaban J connectivity index is 0.00000240. The Labute approximate surface area is 190 Å². The van der Waals surface area contributed by atoms with Crippen LogP contribution in [0.3, 0.4) is 0 Å². The first-order valence-corrected chi connectivity index (χ1v) is 8.46. The number of hydrogen-bond acceptors (Lipinski definition) is 4. The van der Waals surface area contributed by atoms with E-state index in [1.807, 2.05) is 0 Å². The van der Waals surface area contributed by atoms with E-state index in [1.54, 1.807) is 0 Å². The van der Waals surface area contributed by atoms with Crippen molar-refractivity contribution in [2.75, 3.05) is 0 Å². The molecule has 0 N–H and O–H groups in total. The first-order valence-electron chi connectivity index (χ1n) is 8.08. The Hall–Kier alpha value is -2.06. The Morgan fingerprint density at radius 3 is 2.45 bits per heavy atom. The van der Waals surface area contributed by atoms with Gasteiger partial charge in [0.15, 0.2) is 0 Å². The summed E-state index contributed by atoms with van der Waals surface area (Å²) in [6.45, 7) is 1.53. The summed E-state index contributed by atoms with van der Waals surface area (Å²) in [6.07, 6.45) is -4.50. The fourth-order valence-corrected chi connectivity index (χ4v) is 3.20. The van der Waals surface area contributed by atoms with Gasteiger partial charge in [0.25, 0.3) is 0 Å². The van der Waals surface area contributed by atoms with Crippen molar-refractivity contribution >= 4 is 17.4 Å². The van der Waals surface area contributed by atoms with Crippen LogP contribution in [-0.4, -0.2) is 10.8 Å².